The van der Waals surface area contributed by atoms with E-state index in [1.807, 2.05) is 17.5 Å². The number of likely N-dealkylation sites (tertiary alicyclic amines) is 1. The van der Waals surface area contributed by atoms with Crippen LogP contribution in [0.25, 0.3) is 0 Å². The molecule has 0 atom stereocenters. The SMILES string of the molecule is COc1ccc(C(=O)N2CCC(C(=O)N/N=C\c3cccs3)CC2)cc1OC. The minimum Gasteiger partial charge on any atom is -0.493 e. The molecule has 0 spiro atoms. The number of methoxy groups -OCH3 is 2. The normalized spacial score (nSPS) is 14.9. The standard InChI is InChI=1S/C20H23N3O4S/c1-26-17-6-5-15(12-18(17)27-2)20(25)23-9-7-14(8-10-23)19(24)22-21-13-16-4-3-11-28-16/h3-6,11-14H,7-10H2,1-2H3,(H,22,24)/b21-13-. The third-order valence-corrected chi connectivity index (χ3v) is 5.50. The number of nitrogens with one attached hydrogen (secondary N) is 1. The number of carbonyl (C=O) groups excluding carboxylic acids is 2. The molecule has 2 heterocycles. The summed E-state index contributed by atoms with van der Waals surface area (Å²) >= 11 is 1.55. The summed E-state index contributed by atoms with van der Waals surface area (Å²) in [6, 6.07) is 8.98. The van der Waals surface area contributed by atoms with E-state index < -0.39 is 0 Å². The summed E-state index contributed by atoms with van der Waals surface area (Å²) in [6.45, 7) is 1.06. The van der Waals surface area contributed by atoms with Crippen molar-refractivity contribution in [3.8, 4) is 11.5 Å². The van der Waals surface area contributed by atoms with E-state index in [-0.39, 0.29) is 17.7 Å². The fourth-order valence-electron chi connectivity index (χ4n) is 3.11. The number of ether oxygens (including phenoxy) is 2. The van der Waals surface area contributed by atoms with Gasteiger partial charge in [0.25, 0.3) is 5.91 Å². The van der Waals surface area contributed by atoms with Crippen LogP contribution in [0, 0.1) is 5.92 Å². The number of rotatable bonds is 6. The summed E-state index contributed by atoms with van der Waals surface area (Å²) in [5, 5.41) is 5.96. The maximum atomic E-state index is 12.8. The third-order valence-electron chi connectivity index (χ3n) is 4.69. The monoisotopic (exact) mass is 401 g/mol. The predicted molar refractivity (Wildman–Crippen MR) is 108 cm³/mol. The van der Waals surface area contributed by atoms with Gasteiger partial charge in [-0.05, 0) is 42.5 Å². The topological polar surface area (TPSA) is 80.2 Å². The second-order valence-corrected chi connectivity index (χ2v) is 7.37. The Bertz CT molecular complexity index is 843. The van der Waals surface area contributed by atoms with Crippen LogP contribution in [0.5, 0.6) is 11.5 Å². The predicted octanol–water partition coefficient (Wildman–Crippen LogP) is 2.77. The van der Waals surface area contributed by atoms with Crippen molar-refractivity contribution >= 4 is 29.4 Å². The van der Waals surface area contributed by atoms with E-state index in [0.29, 0.717) is 43.0 Å². The molecule has 0 aliphatic carbocycles. The Labute approximate surface area is 167 Å². The first-order valence-corrected chi connectivity index (χ1v) is 9.88. The van der Waals surface area contributed by atoms with Crippen molar-refractivity contribution in [2.45, 2.75) is 12.8 Å². The third kappa shape index (κ3) is 4.69. The first-order chi connectivity index (χ1) is 13.6. The Balaban J connectivity index is 1.53. The van der Waals surface area contributed by atoms with Crippen molar-refractivity contribution in [3.05, 3.63) is 46.2 Å². The highest BCUT2D eigenvalue weighted by Gasteiger charge is 2.28. The van der Waals surface area contributed by atoms with Crippen LogP contribution < -0.4 is 14.9 Å². The minimum atomic E-state index is -0.144. The lowest BCUT2D eigenvalue weighted by Gasteiger charge is -2.31. The van der Waals surface area contributed by atoms with Gasteiger partial charge in [-0.3, -0.25) is 9.59 Å². The van der Waals surface area contributed by atoms with Gasteiger partial charge in [-0.25, -0.2) is 5.43 Å². The highest BCUT2D eigenvalue weighted by molar-refractivity contribution is 7.11. The van der Waals surface area contributed by atoms with E-state index in [2.05, 4.69) is 10.5 Å². The molecule has 2 aromatic rings. The average molecular weight is 401 g/mol. The molecule has 0 saturated carbocycles. The van der Waals surface area contributed by atoms with Crippen LogP contribution in [0.15, 0.2) is 40.8 Å². The number of amides is 2. The van der Waals surface area contributed by atoms with Gasteiger partial charge in [0.05, 0.1) is 20.4 Å². The van der Waals surface area contributed by atoms with Crippen LogP contribution in [-0.4, -0.2) is 50.2 Å². The van der Waals surface area contributed by atoms with Crippen molar-refractivity contribution in [1.82, 2.24) is 10.3 Å². The second-order valence-electron chi connectivity index (χ2n) is 6.39. The number of nitrogens with zero attached hydrogens (tertiary/aromatic N) is 2. The number of hydrogen-bond acceptors (Lipinski definition) is 6. The molecule has 0 unspecified atom stereocenters. The van der Waals surface area contributed by atoms with Gasteiger partial charge in [0.15, 0.2) is 11.5 Å². The van der Waals surface area contributed by atoms with Crippen molar-refractivity contribution in [2.24, 2.45) is 11.0 Å². The van der Waals surface area contributed by atoms with Gasteiger partial charge in [0.2, 0.25) is 5.91 Å². The van der Waals surface area contributed by atoms with Crippen molar-refractivity contribution in [3.63, 3.8) is 0 Å². The number of hydrazone groups is 1. The van der Waals surface area contributed by atoms with E-state index in [0.717, 1.165) is 4.88 Å². The molecule has 1 aliphatic rings. The van der Waals surface area contributed by atoms with Crippen LogP contribution >= 0.6 is 11.3 Å². The summed E-state index contributed by atoms with van der Waals surface area (Å²) in [5.41, 5.74) is 3.14. The Morgan fingerprint density at radius 3 is 2.57 bits per heavy atom. The zero-order valence-corrected chi connectivity index (χ0v) is 16.7. The van der Waals surface area contributed by atoms with Crippen LogP contribution in [-0.2, 0) is 4.79 Å². The fourth-order valence-corrected chi connectivity index (χ4v) is 3.70. The van der Waals surface area contributed by atoms with Gasteiger partial charge in [0, 0.05) is 29.4 Å². The molecular formula is C20H23N3O4S. The summed E-state index contributed by atoms with van der Waals surface area (Å²) in [7, 11) is 3.09. The van der Waals surface area contributed by atoms with Gasteiger partial charge >= 0.3 is 0 Å². The van der Waals surface area contributed by atoms with Crippen LogP contribution in [0.1, 0.15) is 28.1 Å². The summed E-state index contributed by atoms with van der Waals surface area (Å²) in [6.07, 6.45) is 2.86. The highest BCUT2D eigenvalue weighted by Crippen LogP contribution is 2.28. The van der Waals surface area contributed by atoms with E-state index in [9.17, 15) is 9.59 Å². The molecule has 0 bridgehead atoms. The Hall–Kier alpha value is -2.87. The van der Waals surface area contributed by atoms with Crippen molar-refractivity contribution in [2.75, 3.05) is 27.3 Å². The largest absolute Gasteiger partial charge is 0.493 e. The molecule has 1 N–H and O–H groups in total. The number of piperidine rings is 1. The van der Waals surface area contributed by atoms with Crippen LogP contribution in [0.3, 0.4) is 0 Å². The summed E-state index contributed by atoms with van der Waals surface area (Å²) in [4.78, 5) is 27.8. The van der Waals surface area contributed by atoms with Gasteiger partial charge < -0.3 is 14.4 Å². The number of carbonyl (C=O) groups is 2. The highest BCUT2D eigenvalue weighted by atomic mass is 32.1. The maximum Gasteiger partial charge on any atom is 0.253 e. The molecule has 8 heteroatoms. The Morgan fingerprint density at radius 2 is 1.93 bits per heavy atom. The maximum absolute atomic E-state index is 12.8. The molecule has 7 nitrogen and oxygen atoms in total. The molecule has 1 saturated heterocycles. The smallest absolute Gasteiger partial charge is 0.253 e. The molecule has 0 radical (unpaired) electrons. The van der Waals surface area contributed by atoms with Crippen LogP contribution in [0.4, 0.5) is 0 Å². The second kappa shape index (κ2) is 9.36. The lowest BCUT2D eigenvalue weighted by molar-refractivity contribution is -0.126. The van der Waals surface area contributed by atoms with Crippen LogP contribution in [0.2, 0.25) is 0 Å². The molecule has 1 aromatic heterocycles. The van der Waals surface area contributed by atoms with Gasteiger partial charge in [-0.2, -0.15) is 5.10 Å². The molecule has 28 heavy (non-hydrogen) atoms. The van der Waals surface area contributed by atoms with Gasteiger partial charge in [-0.1, -0.05) is 6.07 Å². The van der Waals surface area contributed by atoms with E-state index in [1.165, 1.54) is 7.11 Å². The van der Waals surface area contributed by atoms with E-state index >= 15 is 0 Å². The summed E-state index contributed by atoms with van der Waals surface area (Å²) in [5.74, 6) is 0.778. The number of thiophene rings is 1. The Kier molecular flexibility index (Phi) is 6.65. The average Bonchev–Trinajstić information content (AvgIpc) is 3.26. The molecular weight excluding hydrogens is 378 g/mol. The Morgan fingerprint density at radius 1 is 1.18 bits per heavy atom. The lowest BCUT2D eigenvalue weighted by atomic mass is 9.95. The first kappa shape index (κ1) is 19.9. The molecule has 148 valence electrons. The molecule has 2 amide bonds. The lowest BCUT2D eigenvalue weighted by Crippen LogP contribution is -2.42. The van der Waals surface area contributed by atoms with Crippen molar-refractivity contribution < 1.29 is 19.1 Å². The zero-order valence-electron chi connectivity index (χ0n) is 15.9. The van der Waals surface area contributed by atoms with E-state index in [4.69, 9.17) is 9.47 Å². The van der Waals surface area contributed by atoms with Crippen molar-refractivity contribution in [1.29, 1.82) is 0 Å². The first-order valence-electron chi connectivity index (χ1n) is 9.00. The quantitative estimate of drug-likeness (QED) is 0.596. The number of benzene rings is 1. The molecule has 1 aliphatic heterocycles. The van der Waals surface area contributed by atoms with E-state index in [1.54, 1.807) is 47.8 Å². The minimum absolute atomic E-state index is 0.0736. The molecule has 3 rings (SSSR count). The fraction of sp³-hybridized carbons (Fsp3) is 0.350. The molecule has 1 aromatic carbocycles. The van der Waals surface area contributed by atoms with Gasteiger partial charge in [-0.15, -0.1) is 11.3 Å². The number of hydrogen-bond donors (Lipinski definition) is 1. The molecule has 1 fully saturated rings. The zero-order chi connectivity index (χ0) is 19.9. The summed E-state index contributed by atoms with van der Waals surface area (Å²) < 4.78 is 10.5. The van der Waals surface area contributed by atoms with Gasteiger partial charge in [0.1, 0.15) is 0 Å².